The largest absolute Gasteiger partial charge is 0.497 e. The van der Waals surface area contributed by atoms with Crippen molar-refractivity contribution < 1.29 is 19.1 Å². The maximum absolute atomic E-state index is 12.5. The standard InChI is InChI=1S/C21H28N6O4/c1-21(2,3)31-20(29)27-11-9-26(10-12-27)19-23-13-16(17(22)25-19)18(28)24-14-5-7-15(30-4)8-6-14/h5-8,13H,9-12H2,1-4H3,(H,24,28)(H2,22,23,25). The summed E-state index contributed by atoms with van der Waals surface area (Å²) in [5, 5.41) is 2.76. The van der Waals surface area contributed by atoms with Gasteiger partial charge in [0.2, 0.25) is 5.95 Å². The molecule has 10 nitrogen and oxygen atoms in total. The number of carbonyl (C=O) groups excluding carboxylic acids is 2. The fraction of sp³-hybridized carbons (Fsp3) is 0.429. The molecule has 0 aliphatic carbocycles. The number of nitrogens with one attached hydrogen (secondary N) is 1. The molecular formula is C21H28N6O4. The minimum atomic E-state index is -0.534. The number of piperazine rings is 1. The molecule has 3 N–H and O–H groups in total. The Morgan fingerprint density at radius 3 is 2.29 bits per heavy atom. The van der Waals surface area contributed by atoms with Gasteiger partial charge in [0, 0.05) is 38.1 Å². The van der Waals surface area contributed by atoms with Crippen LogP contribution in [0, 0.1) is 0 Å². The smallest absolute Gasteiger partial charge is 0.410 e. The van der Waals surface area contributed by atoms with Gasteiger partial charge in [-0.1, -0.05) is 0 Å². The molecule has 1 saturated heterocycles. The van der Waals surface area contributed by atoms with Crippen LogP contribution in [-0.4, -0.2) is 65.8 Å². The molecule has 0 spiro atoms. The molecule has 166 valence electrons. The molecule has 2 aromatic rings. The molecule has 0 unspecified atom stereocenters. The predicted octanol–water partition coefficient (Wildman–Crippen LogP) is 2.38. The van der Waals surface area contributed by atoms with Gasteiger partial charge in [-0.25, -0.2) is 9.78 Å². The maximum atomic E-state index is 12.5. The molecule has 10 heteroatoms. The van der Waals surface area contributed by atoms with Crippen LogP contribution < -0.4 is 20.7 Å². The Hall–Kier alpha value is -3.56. The Morgan fingerprint density at radius 1 is 1.10 bits per heavy atom. The zero-order valence-electron chi connectivity index (χ0n) is 18.2. The number of ether oxygens (including phenoxy) is 2. The van der Waals surface area contributed by atoms with Gasteiger partial charge >= 0.3 is 6.09 Å². The molecule has 0 radical (unpaired) electrons. The van der Waals surface area contributed by atoms with E-state index in [0.717, 1.165) is 0 Å². The van der Waals surface area contributed by atoms with Crippen LogP contribution in [0.3, 0.4) is 0 Å². The second-order valence-corrected chi connectivity index (χ2v) is 8.11. The van der Waals surface area contributed by atoms with Gasteiger partial charge in [0.15, 0.2) is 0 Å². The summed E-state index contributed by atoms with van der Waals surface area (Å²) >= 11 is 0. The van der Waals surface area contributed by atoms with E-state index in [-0.39, 0.29) is 17.5 Å². The number of carbonyl (C=O) groups is 2. The van der Waals surface area contributed by atoms with Crippen molar-refractivity contribution in [1.82, 2.24) is 14.9 Å². The number of anilines is 3. The number of aromatic nitrogens is 2. The summed E-state index contributed by atoms with van der Waals surface area (Å²) in [6.45, 7) is 7.56. The van der Waals surface area contributed by atoms with Gasteiger partial charge in [0.05, 0.1) is 7.11 Å². The highest BCUT2D eigenvalue weighted by atomic mass is 16.6. The van der Waals surface area contributed by atoms with Crippen LogP contribution in [0.25, 0.3) is 0 Å². The first-order valence-electron chi connectivity index (χ1n) is 9.97. The lowest BCUT2D eigenvalue weighted by molar-refractivity contribution is 0.0240. The number of nitrogens with two attached hydrogens (primary N) is 1. The first-order valence-corrected chi connectivity index (χ1v) is 9.97. The van der Waals surface area contributed by atoms with E-state index in [0.29, 0.717) is 43.6 Å². The fourth-order valence-corrected chi connectivity index (χ4v) is 3.00. The van der Waals surface area contributed by atoms with Gasteiger partial charge < -0.3 is 30.3 Å². The number of nitrogen functional groups attached to an aromatic ring is 1. The third-order valence-corrected chi connectivity index (χ3v) is 4.61. The highest BCUT2D eigenvalue weighted by Crippen LogP contribution is 2.20. The number of nitrogens with zero attached hydrogens (tertiary/aromatic N) is 4. The molecule has 31 heavy (non-hydrogen) atoms. The van der Waals surface area contributed by atoms with Gasteiger partial charge in [0.25, 0.3) is 5.91 Å². The molecule has 1 aromatic carbocycles. The van der Waals surface area contributed by atoms with Crippen molar-refractivity contribution in [2.24, 2.45) is 0 Å². The normalized spacial score (nSPS) is 14.2. The Bertz CT molecular complexity index is 934. The van der Waals surface area contributed by atoms with Crippen molar-refractivity contribution in [1.29, 1.82) is 0 Å². The first-order chi connectivity index (χ1) is 14.7. The molecule has 1 aliphatic rings. The number of benzene rings is 1. The summed E-state index contributed by atoms with van der Waals surface area (Å²) in [7, 11) is 1.57. The second-order valence-electron chi connectivity index (χ2n) is 8.11. The number of hydrogen-bond donors (Lipinski definition) is 2. The molecule has 1 aliphatic heterocycles. The molecule has 0 saturated carbocycles. The Morgan fingerprint density at radius 2 is 1.74 bits per heavy atom. The summed E-state index contributed by atoms with van der Waals surface area (Å²) < 4.78 is 10.5. The monoisotopic (exact) mass is 428 g/mol. The molecule has 1 aromatic heterocycles. The lowest BCUT2D eigenvalue weighted by Gasteiger charge is -2.35. The number of hydrogen-bond acceptors (Lipinski definition) is 8. The third-order valence-electron chi connectivity index (χ3n) is 4.61. The topological polar surface area (TPSA) is 123 Å². The van der Waals surface area contributed by atoms with Crippen LogP contribution in [0.1, 0.15) is 31.1 Å². The Labute approximate surface area is 181 Å². The van der Waals surface area contributed by atoms with E-state index in [4.69, 9.17) is 15.2 Å². The molecule has 0 atom stereocenters. The lowest BCUT2D eigenvalue weighted by Crippen LogP contribution is -2.50. The van der Waals surface area contributed by atoms with E-state index in [1.54, 1.807) is 36.3 Å². The van der Waals surface area contributed by atoms with Crippen molar-refractivity contribution in [3.05, 3.63) is 36.0 Å². The minimum absolute atomic E-state index is 0.0885. The van der Waals surface area contributed by atoms with E-state index < -0.39 is 11.5 Å². The SMILES string of the molecule is COc1ccc(NC(=O)c2cnc(N3CCN(C(=O)OC(C)(C)C)CC3)nc2N)cc1. The summed E-state index contributed by atoms with van der Waals surface area (Å²) in [5.74, 6) is 0.800. The van der Waals surface area contributed by atoms with E-state index in [1.165, 1.54) is 6.20 Å². The van der Waals surface area contributed by atoms with Crippen molar-refractivity contribution in [2.75, 3.05) is 49.2 Å². The van der Waals surface area contributed by atoms with E-state index in [2.05, 4.69) is 15.3 Å². The predicted molar refractivity (Wildman–Crippen MR) is 117 cm³/mol. The summed E-state index contributed by atoms with van der Waals surface area (Å²) in [4.78, 5) is 36.9. The zero-order valence-corrected chi connectivity index (χ0v) is 18.2. The summed E-state index contributed by atoms with van der Waals surface area (Å²) in [5.41, 5.74) is 6.29. The van der Waals surface area contributed by atoms with E-state index >= 15 is 0 Å². The Balaban J connectivity index is 1.60. The highest BCUT2D eigenvalue weighted by molar-refractivity contribution is 6.07. The van der Waals surface area contributed by atoms with Gasteiger partial charge in [-0.05, 0) is 45.0 Å². The molecular weight excluding hydrogens is 400 g/mol. The quantitative estimate of drug-likeness (QED) is 0.761. The van der Waals surface area contributed by atoms with Gasteiger partial charge in [-0.2, -0.15) is 4.98 Å². The fourth-order valence-electron chi connectivity index (χ4n) is 3.00. The molecule has 1 fully saturated rings. The van der Waals surface area contributed by atoms with Gasteiger partial charge in [-0.15, -0.1) is 0 Å². The first kappa shape index (κ1) is 22.1. The Kier molecular flexibility index (Phi) is 6.47. The molecule has 0 bridgehead atoms. The van der Waals surface area contributed by atoms with E-state index in [1.807, 2.05) is 25.7 Å². The third kappa shape index (κ3) is 5.74. The van der Waals surface area contributed by atoms with Gasteiger partial charge in [-0.3, -0.25) is 4.79 Å². The lowest BCUT2D eigenvalue weighted by atomic mass is 10.2. The number of amides is 2. The molecule has 3 rings (SSSR count). The van der Waals surface area contributed by atoms with Crippen LogP contribution in [-0.2, 0) is 4.74 Å². The van der Waals surface area contributed by atoms with Crippen LogP contribution in [0.4, 0.5) is 22.2 Å². The maximum Gasteiger partial charge on any atom is 0.410 e. The van der Waals surface area contributed by atoms with Crippen molar-refractivity contribution >= 4 is 29.5 Å². The average molecular weight is 428 g/mol. The van der Waals surface area contributed by atoms with Crippen LogP contribution in [0.5, 0.6) is 5.75 Å². The van der Waals surface area contributed by atoms with Crippen molar-refractivity contribution in [3.63, 3.8) is 0 Å². The second kappa shape index (κ2) is 9.07. The molecule has 2 amide bonds. The van der Waals surface area contributed by atoms with Crippen LogP contribution in [0.2, 0.25) is 0 Å². The molecule has 2 heterocycles. The average Bonchev–Trinajstić information content (AvgIpc) is 2.73. The number of methoxy groups -OCH3 is 1. The number of rotatable bonds is 4. The minimum Gasteiger partial charge on any atom is -0.497 e. The van der Waals surface area contributed by atoms with Crippen molar-refractivity contribution in [3.8, 4) is 5.75 Å². The van der Waals surface area contributed by atoms with Gasteiger partial charge in [0.1, 0.15) is 22.7 Å². The van der Waals surface area contributed by atoms with Crippen LogP contribution >= 0.6 is 0 Å². The van der Waals surface area contributed by atoms with Crippen molar-refractivity contribution in [2.45, 2.75) is 26.4 Å². The van der Waals surface area contributed by atoms with E-state index in [9.17, 15) is 9.59 Å². The van der Waals surface area contributed by atoms with Crippen LogP contribution in [0.15, 0.2) is 30.5 Å². The zero-order chi connectivity index (χ0) is 22.6. The summed E-state index contributed by atoms with van der Waals surface area (Å²) in [6, 6.07) is 6.95. The summed E-state index contributed by atoms with van der Waals surface area (Å²) in [6.07, 6.45) is 1.08. The highest BCUT2D eigenvalue weighted by Gasteiger charge is 2.27.